The van der Waals surface area contributed by atoms with Crippen LogP contribution in [0.3, 0.4) is 0 Å². The third kappa shape index (κ3) is 4.40. The number of hydrogen-bond donors (Lipinski definition) is 0. The molecule has 4 nitrogen and oxygen atoms in total. The summed E-state index contributed by atoms with van der Waals surface area (Å²) in [6, 6.07) is 14.7. The van der Waals surface area contributed by atoms with E-state index in [1.807, 2.05) is 23.1 Å². The van der Waals surface area contributed by atoms with E-state index in [4.69, 9.17) is 4.74 Å². The van der Waals surface area contributed by atoms with Crippen molar-refractivity contribution in [1.29, 1.82) is 0 Å². The Morgan fingerprint density at radius 3 is 2.63 bits per heavy atom. The van der Waals surface area contributed by atoms with Gasteiger partial charge in [0.2, 0.25) is 5.91 Å². The number of rotatable bonds is 4. The number of fused-ring (bicyclic) bond motifs is 1. The van der Waals surface area contributed by atoms with Gasteiger partial charge in [-0.05, 0) is 35.8 Å². The largest absolute Gasteiger partial charge is 0.493 e. The molecule has 4 heteroatoms. The Labute approximate surface area is 161 Å². The minimum absolute atomic E-state index is 0.102. The van der Waals surface area contributed by atoms with Crippen molar-refractivity contribution in [1.82, 2.24) is 9.80 Å². The van der Waals surface area contributed by atoms with Crippen molar-refractivity contribution in [3.8, 4) is 5.75 Å². The molecule has 0 bridgehead atoms. The molecule has 0 spiro atoms. The highest BCUT2D eigenvalue weighted by Crippen LogP contribution is 2.26. The smallest absolute Gasteiger partial charge is 0.246 e. The number of benzene rings is 2. The van der Waals surface area contributed by atoms with Crippen molar-refractivity contribution >= 4 is 12.0 Å². The molecule has 0 unspecified atom stereocenters. The van der Waals surface area contributed by atoms with Crippen molar-refractivity contribution in [2.45, 2.75) is 19.9 Å². The number of piperazine rings is 1. The van der Waals surface area contributed by atoms with E-state index in [1.54, 1.807) is 6.08 Å². The van der Waals surface area contributed by atoms with Crippen LogP contribution in [0.15, 0.2) is 48.5 Å². The fourth-order valence-corrected chi connectivity index (χ4v) is 3.67. The standard InChI is InChI=1S/C23H26N2O2/c1-18-2-4-19(5-3-18)7-9-23(26)25-13-11-24(12-14-25)17-20-6-8-22-21(16-20)10-15-27-22/h2-9,16H,10-15,17H2,1H3/b9-7+. The fourth-order valence-electron chi connectivity index (χ4n) is 3.67. The van der Waals surface area contributed by atoms with Crippen molar-refractivity contribution in [2.24, 2.45) is 0 Å². The first-order valence-corrected chi connectivity index (χ1v) is 9.68. The lowest BCUT2D eigenvalue weighted by Crippen LogP contribution is -2.47. The lowest BCUT2D eigenvalue weighted by Gasteiger charge is -2.34. The molecule has 0 N–H and O–H groups in total. The molecule has 27 heavy (non-hydrogen) atoms. The molecule has 4 rings (SSSR count). The molecule has 2 aliphatic heterocycles. The zero-order valence-corrected chi connectivity index (χ0v) is 15.9. The van der Waals surface area contributed by atoms with Gasteiger partial charge in [0.05, 0.1) is 6.61 Å². The van der Waals surface area contributed by atoms with E-state index >= 15 is 0 Å². The lowest BCUT2D eigenvalue weighted by atomic mass is 10.1. The van der Waals surface area contributed by atoms with E-state index in [1.165, 1.54) is 16.7 Å². The van der Waals surface area contributed by atoms with Gasteiger partial charge in [-0.1, -0.05) is 42.0 Å². The van der Waals surface area contributed by atoms with Crippen LogP contribution in [0.1, 0.15) is 22.3 Å². The van der Waals surface area contributed by atoms with Crippen LogP contribution < -0.4 is 4.74 Å². The number of carbonyl (C=O) groups excluding carboxylic acids is 1. The first kappa shape index (κ1) is 17.8. The van der Waals surface area contributed by atoms with Crippen LogP contribution >= 0.6 is 0 Å². The molecule has 0 radical (unpaired) electrons. The van der Waals surface area contributed by atoms with Crippen LogP contribution in [0.4, 0.5) is 0 Å². The minimum atomic E-state index is 0.102. The zero-order chi connectivity index (χ0) is 18.6. The third-order valence-corrected chi connectivity index (χ3v) is 5.34. The molecule has 0 atom stereocenters. The number of nitrogens with zero attached hydrogens (tertiary/aromatic N) is 2. The van der Waals surface area contributed by atoms with Crippen LogP contribution in [0.25, 0.3) is 6.08 Å². The number of aryl methyl sites for hydroxylation is 1. The molecular weight excluding hydrogens is 336 g/mol. The van der Waals surface area contributed by atoms with Crippen molar-refractivity contribution < 1.29 is 9.53 Å². The van der Waals surface area contributed by atoms with E-state index in [2.05, 4.69) is 42.2 Å². The molecule has 0 aromatic heterocycles. The number of ether oxygens (including phenoxy) is 1. The summed E-state index contributed by atoms with van der Waals surface area (Å²) in [6.45, 7) is 7.20. The summed E-state index contributed by atoms with van der Waals surface area (Å²) in [4.78, 5) is 16.8. The molecule has 0 saturated carbocycles. The Kier molecular flexibility index (Phi) is 5.26. The quantitative estimate of drug-likeness (QED) is 0.783. The van der Waals surface area contributed by atoms with Gasteiger partial charge in [-0.2, -0.15) is 0 Å². The number of carbonyl (C=O) groups is 1. The fraction of sp³-hybridized carbons (Fsp3) is 0.348. The van der Waals surface area contributed by atoms with E-state index in [9.17, 15) is 4.79 Å². The Hall–Kier alpha value is -2.59. The summed E-state index contributed by atoms with van der Waals surface area (Å²) in [5, 5.41) is 0. The second-order valence-corrected chi connectivity index (χ2v) is 7.39. The predicted octanol–water partition coefficient (Wildman–Crippen LogP) is 3.29. The van der Waals surface area contributed by atoms with E-state index in [0.29, 0.717) is 0 Å². The molecule has 2 aromatic rings. The van der Waals surface area contributed by atoms with Gasteiger partial charge in [0.15, 0.2) is 0 Å². The highest BCUT2D eigenvalue weighted by Gasteiger charge is 2.20. The van der Waals surface area contributed by atoms with E-state index < -0.39 is 0 Å². The molecule has 1 amide bonds. The summed E-state index contributed by atoms with van der Waals surface area (Å²) in [6.07, 6.45) is 4.61. The second kappa shape index (κ2) is 7.97. The molecule has 0 aliphatic carbocycles. The minimum Gasteiger partial charge on any atom is -0.493 e. The molecule has 2 heterocycles. The summed E-state index contributed by atoms with van der Waals surface area (Å²) in [7, 11) is 0. The van der Waals surface area contributed by atoms with Crippen LogP contribution in [-0.4, -0.2) is 48.5 Å². The molecule has 2 aliphatic rings. The average molecular weight is 362 g/mol. The SMILES string of the molecule is Cc1ccc(/C=C/C(=O)N2CCN(Cc3ccc4c(c3)CCO4)CC2)cc1. The number of amides is 1. The summed E-state index contributed by atoms with van der Waals surface area (Å²) >= 11 is 0. The van der Waals surface area contributed by atoms with Crippen LogP contribution in [-0.2, 0) is 17.8 Å². The van der Waals surface area contributed by atoms with Crippen molar-refractivity contribution in [3.63, 3.8) is 0 Å². The second-order valence-electron chi connectivity index (χ2n) is 7.39. The highest BCUT2D eigenvalue weighted by atomic mass is 16.5. The molecule has 140 valence electrons. The maximum atomic E-state index is 12.4. The van der Waals surface area contributed by atoms with E-state index in [-0.39, 0.29) is 5.91 Å². The van der Waals surface area contributed by atoms with Gasteiger partial charge < -0.3 is 9.64 Å². The maximum Gasteiger partial charge on any atom is 0.246 e. The lowest BCUT2D eigenvalue weighted by molar-refractivity contribution is -0.127. The van der Waals surface area contributed by atoms with Gasteiger partial charge in [-0.15, -0.1) is 0 Å². The number of hydrogen-bond acceptors (Lipinski definition) is 3. The summed E-state index contributed by atoms with van der Waals surface area (Å²) in [5.74, 6) is 1.14. The van der Waals surface area contributed by atoms with Gasteiger partial charge in [0.25, 0.3) is 0 Å². The molecule has 1 saturated heterocycles. The van der Waals surface area contributed by atoms with Gasteiger partial charge in [0, 0.05) is 45.2 Å². The van der Waals surface area contributed by atoms with E-state index in [0.717, 1.165) is 57.1 Å². The summed E-state index contributed by atoms with van der Waals surface area (Å²) < 4.78 is 5.58. The Morgan fingerprint density at radius 1 is 1.07 bits per heavy atom. The first-order valence-electron chi connectivity index (χ1n) is 9.68. The van der Waals surface area contributed by atoms with Crippen LogP contribution in [0.2, 0.25) is 0 Å². The van der Waals surface area contributed by atoms with Crippen LogP contribution in [0.5, 0.6) is 5.75 Å². The summed E-state index contributed by atoms with van der Waals surface area (Å²) in [5.41, 5.74) is 4.94. The highest BCUT2D eigenvalue weighted by molar-refractivity contribution is 5.91. The normalized spacial score (nSPS) is 17.1. The first-order chi connectivity index (χ1) is 13.2. The van der Waals surface area contributed by atoms with Gasteiger partial charge >= 0.3 is 0 Å². The molecule has 2 aromatic carbocycles. The maximum absolute atomic E-state index is 12.4. The monoisotopic (exact) mass is 362 g/mol. The van der Waals surface area contributed by atoms with Crippen molar-refractivity contribution in [3.05, 3.63) is 70.8 Å². The topological polar surface area (TPSA) is 32.8 Å². The average Bonchev–Trinajstić information content (AvgIpc) is 3.16. The third-order valence-electron chi connectivity index (χ3n) is 5.34. The Balaban J connectivity index is 1.28. The van der Waals surface area contributed by atoms with Crippen molar-refractivity contribution in [2.75, 3.05) is 32.8 Å². The predicted molar refractivity (Wildman–Crippen MR) is 108 cm³/mol. The van der Waals surface area contributed by atoms with Gasteiger partial charge in [-0.3, -0.25) is 9.69 Å². The Bertz CT molecular complexity index is 834. The zero-order valence-electron chi connectivity index (χ0n) is 15.9. The van der Waals surface area contributed by atoms with Gasteiger partial charge in [-0.25, -0.2) is 0 Å². The van der Waals surface area contributed by atoms with Crippen LogP contribution in [0, 0.1) is 6.92 Å². The Morgan fingerprint density at radius 2 is 1.85 bits per heavy atom. The molecular formula is C23H26N2O2. The molecule has 1 fully saturated rings. The van der Waals surface area contributed by atoms with Gasteiger partial charge in [0.1, 0.15) is 5.75 Å².